The predicted molar refractivity (Wildman–Crippen MR) is 416 cm³/mol. The number of hydrogen-bond acceptors (Lipinski definition) is 19. The van der Waals surface area contributed by atoms with Gasteiger partial charge in [-0.2, -0.15) is 0 Å². The van der Waals surface area contributed by atoms with Gasteiger partial charge in [-0.25, -0.2) is 33.7 Å². The van der Waals surface area contributed by atoms with Crippen molar-refractivity contribution in [2.45, 2.75) is 177 Å². The average molecular weight is 1600 g/mol. The maximum Gasteiger partial charge on any atom is 1.00 e. The van der Waals surface area contributed by atoms with Gasteiger partial charge in [-0.05, 0) is 196 Å². The largest absolute Gasteiger partial charge is 1.00 e. The molecule has 0 unspecified atom stereocenters. The van der Waals surface area contributed by atoms with Crippen LogP contribution in [0.5, 0.6) is 0 Å². The zero-order chi connectivity index (χ0) is 78.3. The Morgan fingerprint density at radius 2 is 0.901 bits per heavy atom. The molecule has 578 valence electrons. The molecule has 2 atom stereocenters. The molecule has 2 amide bonds. The third kappa shape index (κ3) is 26.4. The zero-order valence-electron chi connectivity index (χ0n) is 65.6. The molecule has 10 aromatic rings. The van der Waals surface area contributed by atoms with Gasteiger partial charge in [0.05, 0.1) is 71.0 Å². The van der Waals surface area contributed by atoms with E-state index in [-0.39, 0.29) is 142 Å². The van der Waals surface area contributed by atoms with Gasteiger partial charge in [0, 0.05) is 28.3 Å². The Balaban J connectivity index is 0.000000309. The molecule has 111 heavy (non-hydrogen) atoms. The van der Waals surface area contributed by atoms with Crippen molar-refractivity contribution in [2.24, 2.45) is 0 Å². The van der Waals surface area contributed by atoms with E-state index in [4.69, 9.17) is 38.5 Å². The number of ether oxygens (including phenoxy) is 6. The SMILES string of the molecule is C.CC(C)(C)OC(=O)Cc1ccc2c(c1)cc(-c1ccc(-c3cnc([C@@H]4CCCN4C(=O)OCc4ccccc4)[nH]3)cc1)n2C(=O)OC(C)(C)C.CC(C)(C)OC(=O)Cc1ccc2c(c1)cc(B(O)O)n2C(=O)OC(C)(C)C.O=C(OCc1ccccc1)N1CCC[C@H]1c1ncc(-c2ccc(Br)cc2)[nH]1.O=CO[O-].[H-].[Na+].[Na+]. The summed E-state index contributed by atoms with van der Waals surface area (Å²) in [7, 11) is -1.85. The van der Waals surface area contributed by atoms with Crippen molar-refractivity contribution in [1.82, 2.24) is 38.9 Å². The molecule has 25 nitrogen and oxygen atoms in total. The van der Waals surface area contributed by atoms with Crippen LogP contribution in [0.2, 0.25) is 0 Å². The minimum atomic E-state index is -1.85. The van der Waals surface area contributed by atoms with E-state index in [0.29, 0.717) is 46.6 Å². The number of esters is 2. The van der Waals surface area contributed by atoms with E-state index in [0.717, 1.165) is 90.7 Å². The Bertz CT molecular complexity index is 4760. The molecule has 0 bridgehead atoms. The summed E-state index contributed by atoms with van der Waals surface area (Å²) in [5.41, 5.74) is 7.15. The van der Waals surface area contributed by atoms with Crippen LogP contribution in [-0.4, -0.2) is 134 Å². The zero-order valence-corrected chi connectivity index (χ0v) is 70.2. The number of rotatable bonds is 15. The van der Waals surface area contributed by atoms with Crippen LogP contribution in [0.25, 0.3) is 55.6 Å². The minimum Gasteiger partial charge on any atom is -1.00 e. The molecule has 29 heteroatoms. The van der Waals surface area contributed by atoms with Gasteiger partial charge >= 0.3 is 103 Å². The number of carbonyl (C=O) groups excluding carboxylic acids is 7. The number of H-pyrrole nitrogens is 2. The number of hydrogen-bond donors (Lipinski definition) is 4. The first kappa shape index (κ1) is 91.0. The fourth-order valence-electron chi connectivity index (χ4n) is 12.2. The summed E-state index contributed by atoms with van der Waals surface area (Å²) >= 11 is 3.45. The van der Waals surface area contributed by atoms with Crippen molar-refractivity contribution < 1.29 is 143 Å². The number of aromatic amines is 2. The maximum atomic E-state index is 13.6. The molecule has 4 aromatic heterocycles. The van der Waals surface area contributed by atoms with Gasteiger partial charge < -0.3 is 60.0 Å². The molecule has 2 fully saturated rings. The van der Waals surface area contributed by atoms with Crippen LogP contribution in [0.15, 0.2) is 175 Å². The molecule has 0 spiro atoms. The molecule has 2 aliphatic rings. The Morgan fingerprint density at radius 1 is 0.523 bits per heavy atom. The van der Waals surface area contributed by atoms with E-state index in [9.17, 15) is 38.8 Å². The van der Waals surface area contributed by atoms with Gasteiger partial charge in [0.25, 0.3) is 6.47 Å². The fourth-order valence-corrected chi connectivity index (χ4v) is 12.4. The summed E-state index contributed by atoms with van der Waals surface area (Å²) < 4.78 is 36.9. The molecular formula is C82H96BBrN8Na2O17. The molecule has 6 aromatic carbocycles. The van der Waals surface area contributed by atoms with E-state index in [1.807, 2.05) is 181 Å². The first-order valence-electron chi connectivity index (χ1n) is 35.3. The van der Waals surface area contributed by atoms with Crippen LogP contribution in [0.4, 0.5) is 19.2 Å². The second kappa shape index (κ2) is 40.6. The first-order chi connectivity index (χ1) is 51.1. The summed E-state index contributed by atoms with van der Waals surface area (Å²) in [6.07, 6.45) is 5.44. The third-order valence-electron chi connectivity index (χ3n) is 16.6. The summed E-state index contributed by atoms with van der Waals surface area (Å²) in [6.45, 7) is 23.2. The van der Waals surface area contributed by atoms with Crippen LogP contribution >= 0.6 is 15.9 Å². The number of aromatic nitrogens is 6. The number of fused-ring (bicyclic) bond motifs is 2. The van der Waals surface area contributed by atoms with Gasteiger partial charge in [-0.15, -0.1) is 0 Å². The summed E-state index contributed by atoms with van der Waals surface area (Å²) in [6, 6.07) is 49.1. The molecule has 6 heterocycles. The Kier molecular flexibility index (Phi) is 33.3. The van der Waals surface area contributed by atoms with Crippen molar-refractivity contribution in [1.29, 1.82) is 0 Å². The van der Waals surface area contributed by atoms with Crippen molar-refractivity contribution in [3.8, 4) is 33.8 Å². The van der Waals surface area contributed by atoms with Crippen LogP contribution in [0.3, 0.4) is 0 Å². The molecule has 0 aliphatic carbocycles. The smallest absolute Gasteiger partial charge is 1.00 e. The molecule has 2 aliphatic heterocycles. The van der Waals surface area contributed by atoms with Crippen LogP contribution in [-0.2, 0) is 73.7 Å². The number of nitrogens with one attached hydrogen (secondary N) is 2. The fraction of sp³-hybridized carbons (Fsp3) is 0.354. The molecule has 12 rings (SSSR count). The summed E-state index contributed by atoms with van der Waals surface area (Å²) in [5.74, 6) is 0.841. The number of carbonyl (C=O) groups is 7. The summed E-state index contributed by atoms with van der Waals surface area (Å²) in [5, 5.41) is 29.1. The molecule has 0 radical (unpaired) electrons. The molecule has 0 saturated carbocycles. The van der Waals surface area contributed by atoms with E-state index in [1.54, 1.807) is 80.3 Å². The minimum absolute atomic E-state index is 0. The van der Waals surface area contributed by atoms with Gasteiger partial charge in [0.1, 0.15) is 47.3 Å². The third-order valence-corrected chi connectivity index (χ3v) is 17.1. The normalized spacial score (nSPS) is 13.9. The summed E-state index contributed by atoms with van der Waals surface area (Å²) in [4.78, 5) is 107. The van der Waals surface area contributed by atoms with E-state index in [2.05, 4.69) is 40.8 Å². The van der Waals surface area contributed by atoms with Gasteiger partial charge in [0.2, 0.25) is 0 Å². The molecular weight excluding hydrogens is 1510 g/mol. The number of likely N-dealkylation sites (tertiary alicyclic amines) is 2. The first-order valence-corrected chi connectivity index (χ1v) is 36.1. The standard InChI is InChI=1S/C40H44N4O6.C21H20BrN3O2.C19H26BNO6.CH2O3.CH4.2Na.H/c1-39(2,3)49-35(45)22-27-14-19-32-30(21-27)23-34(44(32)38(47)50-40(4,5)6)29-17-15-28(16-18-29)31-24-41-36(42-31)33-13-10-20-43(33)37(46)48-25-26-11-8-7-9-12-26;22-17-10-8-16(9-11-17)18-13-23-20(24-18)19-7-4-12-25(19)21(26)27-14-15-5-2-1-3-6-15;1-18(2,3)26-16(22)10-12-7-8-14-13(9-12)11-15(20(24)25)21(14)17(23)27-19(4,5)6;2-1-4-3;;;;/h7-9,11-12,14-19,21,23-24,33H,10,13,20,22,25H2,1-6H3,(H,41,42);1-3,5-6,8-11,13,19H,4,7,12,14H2,(H,23,24);7-9,11,24-25H,10H2,1-6H3;1,3H;1H4;;;/q;;;;;2*+1;-1/p-1/t33-;19-;;;;;;/m00....../s1. The predicted octanol–water partition coefficient (Wildman–Crippen LogP) is 9.33. The van der Waals surface area contributed by atoms with Gasteiger partial charge in [0.15, 0.2) is 0 Å². The average Bonchev–Trinajstić information content (AvgIpc) is 1.63. The monoisotopic (exact) mass is 1600 g/mol. The van der Waals surface area contributed by atoms with Crippen molar-refractivity contribution in [3.05, 3.63) is 208 Å². The maximum absolute atomic E-state index is 13.6. The number of imidazole rings is 2. The second-order valence-electron chi connectivity index (χ2n) is 29.8. The Labute approximate surface area is 701 Å². The second-order valence-corrected chi connectivity index (χ2v) is 30.8. The molecule has 4 N–H and O–H groups in total. The Morgan fingerprint density at radius 3 is 1.30 bits per heavy atom. The van der Waals surface area contributed by atoms with E-state index >= 15 is 0 Å². The van der Waals surface area contributed by atoms with Gasteiger partial charge in [-0.1, -0.05) is 133 Å². The van der Waals surface area contributed by atoms with Crippen LogP contribution in [0, 0.1) is 0 Å². The van der Waals surface area contributed by atoms with E-state index < -0.39 is 41.7 Å². The van der Waals surface area contributed by atoms with Crippen LogP contribution < -0.4 is 70.0 Å². The number of halogens is 1. The quantitative estimate of drug-likeness (QED) is 0.0185. The molecule has 2 saturated heterocycles. The van der Waals surface area contributed by atoms with E-state index in [1.165, 1.54) is 6.07 Å². The number of nitrogens with zero attached hydrogens (tertiary/aromatic N) is 6. The van der Waals surface area contributed by atoms with Crippen LogP contribution in [0.1, 0.15) is 164 Å². The van der Waals surface area contributed by atoms with Crippen molar-refractivity contribution >= 4 is 93.2 Å². The van der Waals surface area contributed by atoms with Crippen molar-refractivity contribution in [2.75, 3.05) is 13.1 Å². The van der Waals surface area contributed by atoms with Crippen molar-refractivity contribution in [3.63, 3.8) is 0 Å². The number of benzene rings is 6. The topological polar surface area (TPSA) is 321 Å². The van der Waals surface area contributed by atoms with Gasteiger partial charge in [-0.3, -0.25) is 28.8 Å². The number of amides is 2. The Hall–Kier alpha value is -8.87.